The molecule has 0 unspecified atom stereocenters. The number of sulfonamides is 1. The molecule has 0 spiro atoms. The maximum atomic E-state index is 14.0. The number of esters is 4. The molecule has 59 heavy (non-hydrogen) atoms. The van der Waals surface area contributed by atoms with Crippen molar-refractivity contribution >= 4 is 33.9 Å². The lowest BCUT2D eigenvalue weighted by Gasteiger charge is -2.51. The molecule has 2 aromatic carbocycles. The van der Waals surface area contributed by atoms with Crippen LogP contribution in [0.1, 0.15) is 103 Å². The summed E-state index contributed by atoms with van der Waals surface area (Å²) in [6.07, 6.45) is 1.38. The van der Waals surface area contributed by atoms with Crippen molar-refractivity contribution in [3.8, 4) is 16.9 Å². The lowest BCUT2D eigenvalue weighted by molar-refractivity contribution is -0.340. The fourth-order valence-corrected chi connectivity index (χ4v) is 8.54. The molecule has 0 amide bonds. The molecule has 0 saturated carbocycles. The van der Waals surface area contributed by atoms with Gasteiger partial charge in [-0.3, -0.25) is 9.59 Å². The molecule has 0 radical (unpaired) electrons. The third-order valence-electron chi connectivity index (χ3n) is 10.6. The maximum absolute atomic E-state index is 14.0. The average Bonchev–Trinajstić information content (AvgIpc) is 3.21. The summed E-state index contributed by atoms with van der Waals surface area (Å²) in [6, 6.07) is 10.9. The quantitative estimate of drug-likeness (QED) is 0.105. The van der Waals surface area contributed by atoms with Crippen LogP contribution in [0.2, 0.25) is 0 Å². The summed E-state index contributed by atoms with van der Waals surface area (Å²) >= 11 is 0. The van der Waals surface area contributed by atoms with Gasteiger partial charge in [0.25, 0.3) is 0 Å². The number of cyclic esters (lactones) is 2. The van der Waals surface area contributed by atoms with Crippen molar-refractivity contribution in [3.05, 3.63) is 59.7 Å². The number of hydrogen-bond donors (Lipinski definition) is 2. The third kappa shape index (κ3) is 11.9. The highest BCUT2D eigenvalue weighted by Gasteiger charge is 2.59. The molecule has 2 heterocycles. The molecule has 4 rings (SSSR count). The number of carbonyl (C=O) groups excluding carboxylic acids is 4. The second-order valence-electron chi connectivity index (χ2n) is 15.3. The first-order valence-electron chi connectivity index (χ1n) is 20.3. The molecule has 0 aliphatic carbocycles. The Bertz CT molecular complexity index is 1910. The van der Waals surface area contributed by atoms with Gasteiger partial charge in [-0.25, -0.2) is 18.0 Å². The Labute approximate surface area is 347 Å². The van der Waals surface area contributed by atoms with Crippen LogP contribution < -0.4 is 4.74 Å². The molecule has 2 aromatic rings. The van der Waals surface area contributed by atoms with Gasteiger partial charge in [0.05, 0.1) is 43.2 Å². The van der Waals surface area contributed by atoms with Crippen molar-refractivity contribution in [1.29, 1.82) is 0 Å². The summed E-state index contributed by atoms with van der Waals surface area (Å²) in [7, 11) is -2.54. The van der Waals surface area contributed by atoms with E-state index in [0.29, 0.717) is 30.6 Å². The second kappa shape index (κ2) is 21.3. The van der Waals surface area contributed by atoms with Crippen LogP contribution in [0.5, 0.6) is 5.75 Å². The van der Waals surface area contributed by atoms with Crippen molar-refractivity contribution in [2.24, 2.45) is 5.41 Å². The number of aliphatic hydroxyl groups is 2. The highest BCUT2D eigenvalue weighted by molar-refractivity contribution is 7.89. The Morgan fingerprint density at radius 2 is 1.64 bits per heavy atom. The zero-order chi connectivity index (χ0) is 43.4. The number of unbranched alkanes of at least 4 members (excludes halogenated alkanes) is 4. The standard InChI is InChI=1S/C43H59NO14S/c1-7-10-11-12-13-14-37(46)57-40-31(25-39(48)53-6)23-32-26-33(27-45)56-38(47)21-22-54-36-20-17-30(24-35(36)41(49)55-28-42(4,5)43(40,50)58-32)29-15-18-34(19-16-29)59(51,52)44(8-2)9-3/h15-20,24-25,32-33,40,45,50H,7-14,21-23,26-28H2,1-6H3/b31-25+/t32-,33+,40-,43+/m0/s1. The number of rotatable bonds is 14. The zero-order valence-corrected chi connectivity index (χ0v) is 35.7. The van der Waals surface area contributed by atoms with Crippen molar-refractivity contribution < 1.29 is 66.2 Å². The molecule has 2 aliphatic heterocycles. The summed E-state index contributed by atoms with van der Waals surface area (Å²) in [5.41, 5.74) is -0.348. The predicted molar refractivity (Wildman–Crippen MR) is 216 cm³/mol. The zero-order valence-electron chi connectivity index (χ0n) is 34.9. The van der Waals surface area contributed by atoms with E-state index in [4.69, 9.17) is 28.4 Å². The predicted octanol–water partition coefficient (Wildman–Crippen LogP) is 5.49. The fraction of sp³-hybridized carbons (Fsp3) is 0.581. The summed E-state index contributed by atoms with van der Waals surface area (Å²) in [4.78, 5) is 53.1. The lowest BCUT2D eigenvalue weighted by atomic mass is 9.75. The number of nitrogens with zero attached hydrogens (tertiary/aromatic N) is 1. The number of fused-ring (bicyclic) bond motifs is 3. The Balaban J connectivity index is 1.74. The number of aliphatic hydroxyl groups excluding tert-OH is 1. The molecule has 2 N–H and O–H groups in total. The highest BCUT2D eigenvalue weighted by Crippen LogP contribution is 2.46. The molecule has 15 nitrogen and oxygen atoms in total. The maximum Gasteiger partial charge on any atom is 0.341 e. The Morgan fingerprint density at radius 1 is 0.966 bits per heavy atom. The number of benzene rings is 2. The topological polar surface area (TPSA) is 202 Å². The van der Waals surface area contributed by atoms with E-state index in [0.717, 1.165) is 31.8 Å². The minimum absolute atomic E-state index is 0.0385. The van der Waals surface area contributed by atoms with Gasteiger partial charge in [0.15, 0.2) is 6.10 Å². The molecule has 326 valence electrons. The number of carbonyl (C=O) groups is 4. The van der Waals surface area contributed by atoms with Crippen LogP contribution in [0.25, 0.3) is 11.1 Å². The normalized spacial score (nSPS) is 23.4. The van der Waals surface area contributed by atoms with Gasteiger partial charge in [0.1, 0.15) is 24.0 Å². The molecule has 1 saturated heterocycles. The van der Waals surface area contributed by atoms with E-state index in [-0.39, 0.29) is 54.1 Å². The van der Waals surface area contributed by atoms with E-state index >= 15 is 0 Å². The SMILES string of the molecule is CCCCCCCC(=O)O[C@H]1/C(=C/C(=O)OC)C[C@H]2C[C@H](CO)OC(=O)CCOc3ccc(-c4ccc(S(=O)(=O)N(CC)CC)cc4)cc3C(=O)OCC(C)(C)[C@]1(O)O2. The van der Waals surface area contributed by atoms with Gasteiger partial charge in [-0.15, -0.1) is 0 Å². The first-order valence-corrected chi connectivity index (χ1v) is 21.7. The summed E-state index contributed by atoms with van der Waals surface area (Å²) in [5, 5.41) is 22.9. The van der Waals surface area contributed by atoms with Crippen molar-refractivity contribution in [1.82, 2.24) is 4.31 Å². The van der Waals surface area contributed by atoms with Gasteiger partial charge < -0.3 is 38.6 Å². The molecule has 4 atom stereocenters. The number of methoxy groups -OCH3 is 1. The highest BCUT2D eigenvalue weighted by atomic mass is 32.2. The molecule has 2 bridgehead atoms. The van der Waals surface area contributed by atoms with E-state index in [9.17, 15) is 37.8 Å². The Hall–Kier alpha value is -4.35. The first kappa shape index (κ1) is 47.3. The molecular formula is C43H59NO14S. The van der Waals surface area contributed by atoms with Gasteiger partial charge in [-0.2, -0.15) is 4.31 Å². The number of ether oxygens (including phenoxy) is 6. The van der Waals surface area contributed by atoms with E-state index < -0.39 is 76.6 Å². The molecular weight excluding hydrogens is 787 g/mol. The van der Waals surface area contributed by atoms with E-state index in [1.807, 2.05) is 0 Å². The van der Waals surface area contributed by atoms with Crippen LogP contribution in [0.3, 0.4) is 0 Å². The largest absolute Gasteiger partial charge is 0.492 e. The third-order valence-corrected chi connectivity index (χ3v) is 12.7. The first-order chi connectivity index (χ1) is 28.0. The molecule has 0 aromatic heterocycles. The molecule has 1 fully saturated rings. The lowest BCUT2D eigenvalue weighted by Crippen LogP contribution is -2.63. The summed E-state index contributed by atoms with van der Waals surface area (Å²) in [5.74, 6) is -5.39. The second-order valence-corrected chi connectivity index (χ2v) is 17.3. The van der Waals surface area contributed by atoms with Crippen LogP contribution in [0.4, 0.5) is 0 Å². The fourth-order valence-electron chi connectivity index (χ4n) is 7.08. The summed E-state index contributed by atoms with van der Waals surface area (Å²) < 4.78 is 62.0. The minimum atomic E-state index is -3.71. The Morgan fingerprint density at radius 3 is 2.29 bits per heavy atom. The molecule has 2 aliphatic rings. The van der Waals surface area contributed by atoms with Crippen molar-refractivity contribution in [2.45, 2.75) is 121 Å². The van der Waals surface area contributed by atoms with Gasteiger partial charge in [0.2, 0.25) is 15.8 Å². The van der Waals surface area contributed by atoms with Crippen LogP contribution in [0.15, 0.2) is 59.0 Å². The van der Waals surface area contributed by atoms with Gasteiger partial charge in [0, 0.05) is 32.0 Å². The van der Waals surface area contributed by atoms with Crippen LogP contribution in [-0.4, -0.2) is 111 Å². The van der Waals surface area contributed by atoms with Crippen LogP contribution >= 0.6 is 0 Å². The Kier molecular flexibility index (Phi) is 17.0. The monoisotopic (exact) mass is 845 g/mol. The van der Waals surface area contributed by atoms with Crippen LogP contribution in [-0.2, 0) is 48.1 Å². The van der Waals surface area contributed by atoms with Crippen LogP contribution in [0, 0.1) is 5.41 Å². The van der Waals surface area contributed by atoms with Crippen molar-refractivity contribution in [2.75, 3.05) is 40.0 Å². The summed E-state index contributed by atoms with van der Waals surface area (Å²) in [6.45, 7) is 8.01. The minimum Gasteiger partial charge on any atom is -0.492 e. The van der Waals surface area contributed by atoms with E-state index in [2.05, 4.69) is 6.92 Å². The van der Waals surface area contributed by atoms with Gasteiger partial charge in [-0.1, -0.05) is 78.5 Å². The van der Waals surface area contributed by atoms with E-state index in [1.165, 1.54) is 35.7 Å². The van der Waals surface area contributed by atoms with E-state index in [1.54, 1.807) is 45.9 Å². The van der Waals surface area contributed by atoms with Gasteiger partial charge in [-0.05, 0) is 53.8 Å². The van der Waals surface area contributed by atoms with Gasteiger partial charge >= 0.3 is 23.9 Å². The smallest absolute Gasteiger partial charge is 0.341 e. The average molecular weight is 846 g/mol. The molecule has 16 heteroatoms. The number of hydrogen-bond acceptors (Lipinski definition) is 14. The van der Waals surface area contributed by atoms with Crippen molar-refractivity contribution in [3.63, 3.8) is 0 Å².